The van der Waals surface area contributed by atoms with E-state index in [1.54, 1.807) is 0 Å². The van der Waals surface area contributed by atoms with Gasteiger partial charge >= 0.3 is 0 Å². The molecule has 122 valence electrons. The fraction of sp³-hybridized carbons (Fsp3) is 1.00. The van der Waals surface area contributed by atoms with E-state index in [9.17, 15) is 0 Å². The Morgan fingerprint density at radius 1 is 0.700 bits per heavy atom. The number of hydrogen-bond donors (Lipinski definition) is 0. The lowest BCUT2D eigenvalue weighted by Gasteiger charge is -2.29. The van der Waals surface area contributed by atoms with Crippen LogP contribution >= 0.6 is 0 Å². The molecular weight excluding hydrogens is 260 g/mol. The quantitative estimate of drug-likeness (QED) is 0.250. The Labute approximate surface area is 130 Å². The third-order valence-corrected chi connectivity index (χ3v) is 7.02. The second-order valence-corrected chi connectivity index (χ2v) is 11.4. The molecule has 0 amide bonds. The first kappa shape index (κ1) is 20.2. The SMILES string of the molecule is CCCCCCCC(CCCCCC)O[Si](C)(C)CC. The Kier molecular flexibility index (Phi) is 13.0. The van der Waals surface area contributed by atoms with Crippen LogP contribution in [0.1, 0.15) is 91.4 Å². The second kappa shape index (κ2) is 12.9. The van der Waals surface area contributed by atoms with E-state index >= 15 is 0 Å². The molecule has 0 aromatic rings. The van der Waals surface area contributed by atoms with Crippen molar-refractivity contribution in [2.24, 2.45) is 0 Å². The molecule has 2 heteroatoms. The van der Waals surface area contributed by atoms with Crippen molar-refractivity contribution in [1.82, 2.24) is 0 Å². The van der Waals surface area contributed by atoms with Gasteiger partial charge in [-0.2, -0.15) is 0 Å². The van der Waals surface area contributed by atoms with Gasteiger partial charge in [-0.3, -0.25) is 0 Å². The maximum absolute atomic E-state index is 6.51. The summed E-state index contributed by atoms with van der Waals surface area (Å²) in [5.74, 6) is 0. The van der Waals surface area contributed by atoms with Crippen LogP contribution in [0.4, 0.5) is 0 Å². The maximum Gasteiger partial charge on any atom is 0.186 e. The number of hydrogen-bond acceptors (Lipinski definition) is 1. The van der Waals surface area contributed by atoms with Crippen molar-refractivity contribution in [1.29, 1.82) is 0 Å². The highest BCUT2D eigenvalue weighted by Crippen LogP contribution is 2.21. The van der Waals surface area contributed by atoms with Crippen LogP contribution in [-0.4, -0.2) is 14.4 Å². The lowest BCUT2D eigenvalue weighted by Crippen LogP contribution is -2.34. The van der Waals surface area contributed by atoms with Crippen molar-refractivity contribution in [2.45, 2.75) is 117 Å². The molecule has 0 saturated carbocycles. The van der Waals surface area contributed by atoms with Crippen LogP contribution in [0.2, 0.25) is 19.1 Å². The molecule has 1 nitrogen and oxygen atoms in total. The summed E-state index contributed by atoms with van der Waals surface area (Å²) in [6.07, 6.45) is 15.5. The van der Waals surface area contributed by atoms with Gasteiger partial charge in [0.15, 0.2) is 8.32 Å². The van der Waals surface area contributed by atoms with E-state index in [1.807, 2.05) is 0 Å². The van der Waals surface area contributed by atoms with E-state index in [0.717, 1.165) is 0 Å². The molecule has 0 fully saturated rings. The molecule has 0 rings (SSSR count). The van der Waals surface area contributed by atoms with Crippen molar-refractivity contribution in [3.8, 4) is 0 Å². The fourth-order valence-electron chi connectivity index (χ4n) is 2.57. The molecule has 0 aliphatic rings. The Balaban J connectivity index is 3.97. The van der Waals surface area contributed by atoms with Gasteiger partial charge in [-0.1, -0.05) is 78.6 Å². The second-order valence-electron chi connectivity index (χ2n) is 6.91. The van der Waals surface area contributed by atoms with Gasteiger partial charge in [0.05, 0.1) is 0 Å². The molecule has 0 saturated heterocycles. The van der Waals surface area contributed by atoms with Gasteiger partial charge in [0.1, 0.15) is 0 Å². The van der Waals surface area contributed by atoms with Crippen LogP contribution in [0.5, 0.6) is 0 Å². The van der Waals surface area contributed by atoms with Crippen molar-refractivity contribution < 1.29 is 4.43 Å². The zero-order valence-electron chi connectivity index (χ0n) is 15.0. The monoisotopic (exact) mass is 300 g/mol. The van der Waals surface area contributed by atoms with Crippen LogP contribution in [0.15, 0.2) is 0 Å². The maximum atomic E-state index is 6.51. The van der Waals surface area contributed by atoms with Gasteiger partial charge in [0.2, 0.25) is 0 Å². The molecule has 0 aromatic heterocycles. The van der Waals surface area contributed by atoms with E-state index in [1.165, 1.54) is 76.7 Å². The minimum absolute atomic E-state index is 0.551. The molecule has 0 aliphatic heterocycles. The normalized spacial score (nSPS) is 13.7. The summed E-state index contributed by atoms with van der Waals surface area (Å²) >= 11 is 0. The molecular formula is C18H40OSi. The molecule has 20 heavy (non-hydrogen) atoms. The first-order chi connectivity index (χ1) is 9.55. The third-order valence-electron chi connectivity index (χ3n) is 4.35. The first-order valence-corrected chi connectivity index (χ1v) is 12.3. The van der Waals surface area contributed by atoms with Crippen LogP contribution in [0.25, 0.3) is 0 Å². The Morgan fingerprint density at radius 3 is 1.60 bits per heavy atom. The number of rotatable bonds is 14. The van der Waals surface area contributed by atoms with Gasteiger partial charge < -0.3 is 4.43 Å². The molecule has 1 unspecified atom stereocenters. The molecule has 0 heterocycles. The Morgan fingerprint density at radius 2 is 1.15 bits per heavy atom. The van der Waals surface area contributed by atoms with E-state index < -0.39 is 8.32 Å². The third kappa shape index (κ3) is 12.0. The summed E-state index contributed by atoms with van der Waals surface area (Å²) in [5.41, 5.74) is 0. The van der Waals surface area contributed by atoms with Crippen molar-refractivity contribution >= 4 is 8.32 Å². The summed E-state index contributed by atoms with van der Waals surface area (Å²) in [7, 11) is -1.38. The van der Waals surface area contributed by atoms with Gasteiger partial charge in [0, 0.05) is 6.10 Å². The predicted octanol–water partition coefficient (Wildman–Crippen LogP) is 6.93. The summed E-state index contributed by atoms with van der Waals surface area (Å²) in [4.78, 5) is 0. The van der Waals surface area contributed by atoms with Crippen LogP contribution in [0, 0.1) is 0 Å². The smallest absolute Gasteiger partial charge is 0.186 e. The zero-order chi connectivity index (χ0) is 15.3. The number of unbranched alkanes of at least 4 members (excludes halogenated alkanes) is 7. The standard InChI is InChI=1S/C18H40OSi/c1-6-9-11-13-15-17-18(16-14-12-10-7-2)19-20(4,5)8-3/h18H,6-17H2,1-5H3. The summed E-state index contributed by atoms with van der Waals surface area (Å²) < 4.78 is 6.51. The minimum Gasteiger partial charge on any atom is -0.414 e. The highest BCUT2D eigenvalue weighted by atomic mass is 28.4. The molecule has 0 aliphatic carbocycles. The van der Waals surface area contributed by atoms with Crippen molar-refractivity contribution in [3.63, 3.8) is 0 Å². The topological polar surface area (TPSA) is 9.23 Å². The average molecular weight is 301 g/mol. The molecule has 1 atom stereocenters. The van der Waals surface area contributed by atoms with Crippen LogP contribution < -0.4 is 0 Å². The summed E-state index contributed by atoms with van der Waals surface area (Å²) in [6.45, 7) is 11.6. The highest BCUT2D eigenvalue weighted by Gasteiger charge is 2.24. The Hall–Kier alpha value is 0.177. The lowest BCUT2D eigenvalue weighted by atomic mass is 10.0. The van der Waals surface area contributed by atoms with Crippen LogP contribution in [-0.2, 0) is 4.43 Å². The van der Waals surface area contributed by atoms with Gasteiger partial charge in [-0.05, 0) is 32.0 Å². The highest BCUT2D eigenvalue weighted by molar-refractivity contribution is 6.71. The van der Waals surface area contributed by atoms with Crippen molar-refractivity contribution in [3.05, 3.63) is 0 Å². The van der Waals surface area contributed by atoms with Crippen LogP contribution in [0.3, 0.4) is 0 Å². The first-order valence-electron chi connectivity index (χ1n) is 9.23. The minimum atomic E-state index is -1.38. The van der Waals surface area contributed by atoms with E-state index in [0.29, 0.717) is 6.10 Å². The van der Waals surface area contributed by atoms with Crippen molar-refractivity contribution in [2.75, 3.05) is 0 Å². The summed E-state index contributed by atoms with van der Waals surface area (Å²) in [6, 6.07) is 1.24. The summed E-state index contributed by atoms with van der Waals surface area (Å²) in [5, 5.41) is 0. The van der Waals surface area contributed by atoms with Gasteiger partial charge in [-0.25, -0.2) is 0 Å². The molecule has 0 aromatic carbocycles. The largest absolute Gasteiger partial charge is 0.414 e. The molecule has 0 radical (unpaired) electrons. The van der Waals surface area contributed by atoms with E-state index in [4.69, 9.17) is 4.43 Å². The zero-order valence-corrected chi connectivity index (χ0v) is 16.0. The lowest BCUT2D eigenvalue weighted by molar-refractivity contribution is 0.163. The van der Waals surface area contributed by atoms with E-state index in [-0.39, 0.29) is 0 Å². The van der Waals surface area contributed by atoms with Gasteiger partial charge in [0.25, 0.3) is 0 Å². The fourth-order valence-corrected chi connectivity index (χ4v) is 3.88. The molecule has 0 spiro atoms. The van der Waals surface area contributed by atoms with E-state index in [2.05, 4.69) is 33.9 Å². The average Bonchev–Trinajstić information content (AvgIpc) is 2.42. The molecule has 0 N–H and O–H groups in total. The Bertz CT molecular complexity index is 204. The van der Waals surface area contributed by atoms with Gasteiger partial charge in [-0.15, -0.1) is 0 Å². The molecule has 0 bridgehead atoms. The predicted molar refractivity (Wildman–Crippen MR) is 95.0 cm³/mol.